The van der Waals surface area contributed by atoms with Crippen LogP contribution in [0.2, 0.25) is 0 Å². The van der Waals surface area contributed by atoms with E-state index >= 15 is 0 Å². The Hall–Kier alpha value is -3.58. The third-order valence-corrected chi connectivity index (χ3v) is 8.05. The number of rotatable bonds is 9. The summed E-state index contributed by atoms with van der Waals surface area (Å²) in [6.45, 7) is 7.69. The summed E-state index contributed by atoms with van der Waals surface area (Å²) in [4.78, 5) is 41.4. The van der Waals surface area contributed by atoms with Crippen molar-refractivity contribution in [2.75, 3.05) is 19.3 Å². The fraction of sp³-hybridized carbons (Fsp3) is 0.344. The lowest BCUT2D eigenvalue weighted by molar-refractivity contribution is -0.129. The SMILES string of the molecule is CSc1ccc(C(=O)[C@@H]2CN(C(=O)Oc3ccccc3)C[C@H]2Cc2ccc(OC(C)(C)C(C)=O)c(C)c2)cc1. The van der Waals surface area contributed by atoms with Crippen LogP contribution in [0.5, 0.6) is 11.5 Å². The maximum Gasteiger partial charge on any atom is 0.415 e. The van der Waals surface area contributed by atoms with Crippen molar-refractivity contribution in [3.63, 3.8) is 0 Å². The molecule has 0 unspecified atom stereocenters. The second kappa shape index (κ2) is 12.1. The minimum absolute atomic E-state index is 0.0301. The van der Waals surface area contributed by atoms with E-state index in [1.807, 2.05) is 73.8 Å². The highest BCUT2D eigenvalue weighted by Gasteiger charge is 2.40. The molecule has 0 radical (unpaired) electrons. The highest BCUT2D eigenvalue weighted by molar-refractivity contribution is 7.98. The van der Waals surface area contributed by atoms with Gasteiger partial charge in [0.25, 0.3) is 0 Å². The fourth-order valence-electron chi connectivity index (χ4n) is 4.75. The number of hydrogen-bond acceptors (Lipinski definition) is 6. The zero-order chi connectivity index (χ0) is 28.2. The first kappa shape index (κ1) is 28.4. The van der Waals surface area contributed by atoms with E-state index in [-0.39, 0.29) is 23.4 Å². The minimum Gasteiger partial charge on any atom is -0.480 e. The number of benzene rings is 3. The summed E-state index contributed by atoms with van der Waals surface area (Å²) >= 11 is 1.63. The molecular weight excluding hydrogens is 510 g/mol. The van der Waals surface area contributed by atoms with E-state index < -0.39 is 11.7 Å². The summed E-state index contributed by atoms with van der Waals surface area (Å²) in [7, 11) is 0. The van der Waals surface area contributed by atoms with Crippen LogP contribution in [0.15, 0.2) is 77.7 Å². The molecule has 2 atom stereocenters. The van der Waals surface area contributed by atoms with Gasteiger partial charge in [-0.1, -0.05) is 42.5 Å². The molecule has 1 heterocycles. The Kier molecular flexibility index (Phi) is 8.80. The standard InChI is InChI=1S/C32H35NO5S/c1-21-17-23(11-16-29(21)38-32(3,4)22(2)34)18-25-19-33(31(36)37-26-9-7-6-8-10-26)20-28(25)30(35)24-12-14-27(39-5)15-13-24/h6-17,25,28H,18-20H2,1-5H3/t25-,28-/m1/s1. The number of amides is 1. The van der Waals surface area contributed by atoms with Crippen LogP contribution in [-0.4, -0.2) is 47.5 Å². The number of nitrogens with zero attached hydrogens (tertiary/aromatic N) is 1. The number of aryl methyl sites for hydroxylation is 1. The van der Waals surface area contributed by atoms with Gasteiger partial charge in [0.2, 0.25) is 0 Å². The molecule has 0 N–H and O–H groups in total. The molecule has 0 spiro atoms. The summed E-state index contributed by atoms with van der Waals surface area (Å²) in [6.07, 6.45) is 2.16. The quantitative estimate of drug-likeness (QED) is 0.222. The van der Waals surface area contributed by atoms with E-state index in [4.69, 9.17) is 9.47 Å². The van der Waals surface area contributed by atoms with Crippen LogP contribution < -0.4 is 9.47 Å². The van der Waals surface area contributed by atoms with Crippen molar-refractivity contribution in [3.05, 3.63) is 89.5 Å². The molecule has 1 aliphatic heterocycles. The molecule has 1 saturated heterocycles. The Balaban J connectivity index is 1.55. The smallest absolute Gasteiger partial charge is 0.415 e. The van der Waals surface area contributed by atoms with Gasteiger partial charge in [-0.3, -0.25) is 9.59 Å². The molecule has 3 aromatic rings. The van der Waals surface area contributed by atoms with Gasteiger partial charge in [-0.05, 0) is 87.7 Å². The molecule has 1 fully saturated rings. The van der Waals surface area contributed by atoms with Crippen molar-refractivity contribution in [3.8, 4) is 11.5 Å². The molecule has 6 nitrogen and oxygen atoms in total. The molecular formula is C32H35NO5S. The zero-order valence-electron chi connectivity index (χ0n) is 23.1. The predicted octanol–water partition coefficient (Wildman–Crippen LogP) is 6.64. The summed E-state index contributed by atoms with van der Waals surface area (Å²) in [5.41, 5.74) is 1.68. The van der Waals surface area contributed by atoms with Gasteiger partial charge in [-0.2, -0.15) is 0 Å². The second-order valence-corrected chi connectivity index (χ2v) is 11.4. The van der Waals surface area contributed by atoms with Gasteiger partial charge in [0.1, 0.15) is 11.5 Å². The maximum absolute atomic E-state index is 13.7. The highest BCUT2D eigenvalue weighted by Crippen LogP contribution is 2.33. The van der Waals surface area contributed by atoms with E-state index in [0.717, 1.165) is 16.0 Å². The Morgan fingerprint density at radius 1 is 0.974 bits per heavy atom. The predicted molar refractivity (Wildman–Crippen MR) is 154 cm³/mol. The number of ether oxygens (including phenoxy) is 2. The van der Waals surface area contributed by atoms with Gasteiger partial charge in [-0.25, -0.2) is 4.79 Å². The lowest BCUT2D eigenvalue weighted by atomic mass is 9.84. The van der Waals surface area contributed by atoms with Crippen LogP contribution in [-0.2, 0) is 11.2 Å². The lowest BCUT2D eigenvalue weighted by Gasteiger charge is -2.25. The van der Waals surface area contributed by atoms with Crippen LogP contribution in [0.25, 0.3) is 0 Å². The van der Waals surface area contributed by atoms with Gasteiger partial charge in [0, 0.05) is 29.5 Å². The number of ketones is 2. The van der Waals surface area contributed by atoms with Crippen molar-refractivity contribution in [2.45, 2.75) is 44.6 Å². The topological polar surface area (TPSA) is 72.9 Å². The third kappa shape index (κ3) is 6.90. The first-order valence-electron chi connectivity index (χ1n) is 13.1. The molecule has 7 heteroatoms. The number of carbonyl (C=O) groups is 3. The van der Waals surface area contributed by atoms with Crippen molar-refractivity contribution in [2.24, 2.45) is 11.8 Å². The van der Waals surface area contributed by atoms with Gasteiger partial charge in [0.05, 0.1) is 0 Å². The molecule has 0 aromatic heterocycles. The number of Topliss-reactive ketones (excluding diaryl/α,β-unsaturated/α-hetero) is 2. The van der Waals surface area contributed by atoms with E-state index in [2.05, 4.69) is 0 Å². The molecule has 0 aliphatic carbocycles. The number of carbonyl (C=O) groups excluding carboxylic acids is 3. The van der Waals surface area contributed by atoms with Gasteiger partial charge in [0.15, 0.2) is 17.2 Å². The minimum atomic E-state index is -0.916. The van der Waals surface area contributed by atoms with Crippen molar-refractivity contribution >= 4 is 29.4 Å². The van der Waals surface area contributed by atoms with Gasteiger partial charge in [-0.15, -0.1) is 11.8 Å². The second-order valence-electron chi connectivity index (χ2n) is 10.5. The fourth-order valence-corrected chi connectivity index (χ4v) is 5.16. The largest absolute Gasteiger partial charge is 0.480 e. The van der Waals surface area contributed by atoms with Crippen LogP contribution in [0.1, 0.15) is 42.3 Å². The normalized spacial score (nSPS) is 17.1. The molecule has 204 valence electrons. The molecule has 4 rings (SSSR count). The number of likely N-dealkylation sites (tertiary alicyclic amines) is 1. The highest BCUT2D eigenvalue weighted by atomic mass is 32.2. The molecule has 0 bridgehead atoms. The van der Waals surface area contributed by atoms with E-state index in [0.29, 0.717) is 36.6 Å². The summed E-state index contributed by atoms with van der Waals surface area (Å²) < 4.78 is 11.6. The van der Waals surface area contributed by atoms with Crippen LogP contribution in [0, 0.1) is 18.8 Å². The average molecular weight is 546 g/mol. The molecule has 0 saturated carbocycles. The lowest BCUT2D eigenvalue weighted by Crippen LogP contribution is -2.36. The Morgan fingerprint density at radius 3 is 2.28 bits per heavy atom. The van der Waals surface area contributed by atoms with E-state index in [9.17, 15) is 14.4 Å². The van der Waals surface area contributed by atoms with Gasteiger partial charge < -0.3 is 14.4 Å². The summed E-state index contributed by atoms with van der Waals surface area (Å²) in [6, 6.07) is 22.5. The van der Waals surface area contributed by atoms with Crippen LogP contribution in [0.3, 0.4) is 0 Å². The monoisotopic (exact) mass is 545 g/mol. The van der Waals surface area contributed by atoms with Crippen LogP contribution in [0.4, 0.5) is 4.79 Å². The van der Waals surface area contributed by atoms with Crippen molar-refractivity contribution in [1.29, 1.82) is 0 Å². The number of hydrogen-bond donors (Lipinski definition) is 0. The average Bonchev–Trinajstić information content (AvgIpc) is 3.34. The first-order valence-corrected chi connectivity index (χ1v) is 14.3. The zero-order valence-corrected chi connectivity index (χ0v) is 23.9. The molecule has 39 heavy (non-hydrogen) atoms. The van der Waals surface area contributed by atoms with E-state index in [1.54, 1.807) is 42.6 Å². The molecule has 1 amide bonds. The Labute approximate surface area is 234 Å². The molecule has 1 aliphatic rings. The van der Waals surface area contributed by atoms with E-state index in [1.165, 1.54) is 6.92 Å². The summed E-state index contributed by atoms with van der Waals surface area (Å²) in [5.74, 6) is 0.664. The summed E-state index contributed by atoms with van der Waals surface area (Å²) in [5, 5.41) is 0. The Bertz CT molecular complexity index is 1340. The molecule has 3 aromatic carbocycles. The van der Waals surface area contributed by atoms with Gasteiger partial charge >= 0.3 is 6.09 Å². The van der Waals surface area contributed by atoms with Crippen molar-refractivity contribution < 1.29 is 23.9 Å². The van der Waals surface area contributed by atoms with Crippen molar-refractivity contribution in [1.82, 2.24) is 4.90 Å². The first-order chi connectivity index (χ1) is 18.6. The van der Waals surface area contributed by atoms with Crippen LogP contribution >= 0.6 is 11.8 Å². The maximum atomic E-state index is 13.7. The number of thioether (sulfide) groups is 1. The Morgan fingerprint density at radius 2 is 1.67 bits per heavy atom. The number of para-hydroxylation sites is 1. The third-order valence-electron chi connectivity index (χ3n) is 7.31.